The van der Waals surface area contributed by atoms with Gasteiger partial charge >= 0.3 is 0 Å². The van der Waals surface area contributed by atoms with Gasteiger partial charge in [-0.3, -0.25) is 0 Å². The molecule has 0 aliphatic rings. The zero-order chi connectivity index (χ0) is 26.3. The van der Waals surface area contributed by atoms with Gasteiger partial charge < -0.3 is 0 Å². The molecule has 0 atom stereocenters. The van der Waals surface area contributed by atoms with Crippen molar-refractivity contribution in [3.63, 3.8) is 0 Å². The molecule has 0 saturated heterocycles. The molecule has 0 saturated carbocycles. The number of thiophene rings is 10. The van der Waals surface area contributed by atoms with E-state index in [1.165, 1.54) is 79.1 Å². The minimum absolute atomic E-state index is 0.349. The molecule has 0 aliphatic carbocycles. The standard InChI is InChI=1S/C28H8F2S10/c29-9-5-13(15-7-17-23(37-15)27-25(39-17)21-11(33-27)1-3-31-21)35-19(9)20-10(30)6-14(36-20)16-8-18-24(38-16)28-26(40-18)22-12(34-28)2-4-32-22/h1-8H. The second-order valence-corrected chi connectivity index (χ2v) is 19.4. The lowest BCUT2D eigenvalue weighted by Gasteiger charge is -1.93. The van der Waals surface area contributed by atoms with Crippen LogP contribution in [0.5, 0.6) is 0 Å². The van der Waals surface area contributed by atoms with E-state index in [-0.39, 0.29) is 11.6 Å². The number of halogens is 2. The Balaban J connectivity index is 1.04. The van der Waals surface area contributed by atoms with Gasteiger partial charge in [0.15, 0.2) is 0 Å². The average Bonchev–Trinajstić information content (AvgIpc) is 3.73. The van der Waals surface area contributed by atoms with Crippen molar-refractivity contribution in [3.05, 3.63) is 58.8 Å². The van der Waals surface area contributed by atoms with Gasteiger partial charge in [-0.2, -0.15) is 0 Å². The van der Waals surface area contributed by atoms with Crippen molar-refractivity contribution in [2.24, 2.45) is 0 Å². The first-order chi connectivity index (χ1) is 19.6. The van der Waals surface area contributed by atoms with Crippen LogP contribution in [0.2, 0.25) is 0 Å². The molecule has 10 heterocycles. The van der Waals surface area contributed by atoms with Crippen LogP contribution in [0.25, 0.3) is 85.7 Å². The maximum Gasteiger partial charge on any atom is 0.143 e. The van der Waals surface area contributed by atoms with Crippen molar-refractivity contribution in [1.82, 2.24) is 0 Å². The summed E-state index contributed by atoms with van der Waals surface area (Å²) >= 11 is 17.1. The monoisotopic (exact) mass is 702 g/mol. The van der Waals surface area contributed by atoms with Crippen LogP contribution in [0.4, 0.5) is 8.78 Å². The SMILES string of the molecule is Fc1cc(-c2cc3sc4c5sccc5sc4c3s2)sc1-c1sc(-c2cc3sc4c5sccc5sc4c3s2)cc1F. The first-order valence-electron chi connectivity index (χ1n) is 11.8. The van der Waals surface area contributed by atoms with E-state index in [0.717, 1.165) is 19.5 Å². The molecule has 12 heteroatoms. The highest BCUT2D eigenvalue weighted by molar-refractivity contribution is 7.46. The molecule has 10 rings (SSSR count). The van der Waals surface area contributed by atoms with E-state index < -0.39 is 0 Å². The first kappa shape index (κ1) is 23.9. The summed E-state index contributed by atoms with van der Waals surface area (Å²) in [6, 6.07) is 11.9. The second kappa shape index (κ2) is 8.50. The predicted octanol–water partition coefficient (Wildman–Crippen LogP) is 14.5. The highest BCUT2D eigenvalue weighted by Gasteiger charge is 2.23. The second-order valence-electron chi connectivity index (χ2n) is 9.14. The Labute approximate surface area is 263 Å². The number of hydrogen-bond donors (Lipinski definition) is 0. The summed E-state index contributed by atoms with van der Waals surface area (Å²) in [5, 5.41) is 4.30. The lowest BCUT2D eigenvalue weighted by Crippen LogP contribution is -1.74. The van der Waals surface area contributed by atoms with E-state index in [1.54, 1.807) is 57.5 Å². The Morgan fingerprint density at radius 2 is 0.775 bits per heavy atom. The van der Waals surface area contributed by atoms with Gasteiger partial charge in [-0.05, 0) is 47.2 Å². The molecule has 40 heavy (non-hydrogen) atoms. The molecule has 0 unspecified atom stereocenters. The fourth-order valence-corrected chi connectivity index (χ4v) is 18.2. The van der Waals surface area contributed by atoms with Crippen molar-refractivity contribution in [2.45, 2.75) is 0 Å². The van der Waals surface area contributed by atoms with Crippen LogP contribution in [0, 0.1) is 11.6 Å². The summed E-state index contributed by atoms with van der Waals surface area (Å²) in [7, 11) is 0. The van der Waals surface area contributed by atoms with Gasteiger partial charge in [-0.25, -0.2) is 8.78 Å². The molecule has 0 N–H and O–H groups in total. The molecule has 0 spiro atoms. The fraction of sp³-hybridized carbons (Fsp3) is 0. The number of rotatable bonds is 3. The average molecular weight is 703 g/mol. The quantitative estimate of drug-likeness (QED) is 0.172. The number of hydrogen-bond acceptors (Lipinski definition) is 10. The number of fused-ring (bicyclic) bond motifs is 10. The normalized spacial score (nSPS) is 12.8. The molecule has 0 bridgehead atoms. The summed E-state index contributed by atoms with van der Waals surface area (Å²) in [4.78, 5) is 4.59. The summed E-state index contributed by atoms with van der Waals surface area (Å²) < 4.78 is 46.5. The highest BCUT2D eigenvalue weighted by atomic mass is 32.1. The fourth-order valence-electron chi connectivity index (χ4n) is 5.06. The maximum atomic E-state index is 15.3. The van der Waals surface area contributed by atoms with Crippen LogP contribution in [0.3, 0.4) is 0 Å². The van der Waals surface area contributed by atoms with E-state index in [4.69, 9.17) is 0 Å². The highest BCUT2D eigenvalue weighted by Crippen LogP contribution is 2.54. The minimum Gasteiger partial charge on any atom is -0.205 e. The Morgan fingerprint density at radius 3 is 1.25 bits per heavy atom. The molecule has 0 radical (unpaired) electrons. The third kappa shape index (κ3) is 3.26. The van der Waals surface area contributed by atoms with Crippen LogP contribution in [0.15, 0.2) is 47.2 Å². The zero-order valence-corrected chi connectivity index (χ0v) is 27.6. The molecule has 0 aromatic carbocycles. The summed E-state index contributed by atoms with van der Waals surface area (Å²) in [6.45, 7) is 0. The molecule has 194 valence electrons. The van der Waals surface area contributed by atoms with E-state index in [9.17, 15) is 0 Å². The lowest BCUT2D eigenvalue weighted by molar-refractivity contribution is 0.624. The van der Waals surface area contributed by atoms with Gasteiger partial charge in [-0.15, -0.1) is 113 Å². The van der Waals surface area contributed by atoms with Gasteiger partial charge in [0.1, 0.15) is 11.6 Å². The molecule has 0 nitrogen and oxygen atoms in total. The van der Waals surface area contributed by atoms with Crippen molar-refractivity contribution in [3.8, 4) is 29.3 Å². The summed E-state index contributed by atoms with van der Waals surface area (Å²) in [5.41, 5.74) is 0. The van der Waals surface area contributed by atoms with Crippen molar-refractivity contribution in [2.75, 3.05) is 0 Å². The van der Waals surface area contributed by atoms with Gasteiger partial charge in [0.05, 0.1) is 47.4 Å². The van der Waals surface area contributed by atoms with Crippen LogP contribution >= 0.6 is 113 Å². The van der Waals surface area contributed by atoms with Crippen molar-refractivity contribution >= 4 is 170 Å². The van der Waals surface area contributed by atoms with Gasteiger partial charge in [0.2, 0.25) is 0 Å². The Bertz CT molecular complexity index is 2410. The third-order valence-electron chi connectivity index (χ3n) is 6.81. The zero-order valence-electron chi connectivity index (χ0n) is 19.5. The summed E-state index contributed by atoms with van der Waals surface area (Å²) in [6.07, 6.45) is 0. The Kier molecular flexibility index (Phi) is 5.08. The van der Waals surface area contributed by atoms with Crippen LogP contribution in [0.1, 0.15) is 0 Å². The van der Waals surface area contributed by atoms with Gasteiger partial charge in [0.25, 0.3) is 0 Å². The Morgan fingerprint density at radius 1 is 0.375 bits per heavy atom. The minimum atomic E-state index is -0.349. The third-order valence-corrected chi connectivity index (χ3v) is 19.7. The van der Waals surface area contributed by atoms with Crippen LogP contribution in [-0.2, 0) is 0 Å². The van der Waals surface area contributed by atoms with E-state index >= 15 is 8.78 Å². The predicted molar refractivity (Wildman–Crippen MR) is 186 cm³/mol. The molecule has 0 aliphatic heterocycles. The lowest BCUT2D eigenvalue weighted by atomic mass is 10.3. The molecule has 0 fully saturated rings. The molecule has 10 aromatic rings. The van der Waals surface area contributed by atoms with Gasteiger partial charge in [0, 0.05) is 38.3 Å². The molecular weight excluding hydrogens is 695 g/mol. The molecular formula is C28H8F2S10. The maximum absolute atomic E-state index is 15.3. The smallest absolute Gasteiger partial charge is 0.143 e. The first-order valence-corrected chi connectivity index (χ1v) is 20.1. The molecule has 10 aromatic heterocycles. The van der Waals surface area contributed by atoms with Crippen molar-refractivity contribution < 1.29 is 8.78 Å². The largest absolute Gasteiger partial charge is 0.205 e. The topological polar surface area (TPSA) is 0 Å². The Hall–Kier alpha value is -1.58. The van der Waals surface area contributed by atoms with Crippen molar-refractivity contribution in [1.29, 1.82) is 0 Å². The van der Waals surface area contributed by atoms with Crippen LogP contribution < -0.4 is 0 Å². The van der Waals surface area contributed by atoms with Gasteiger partial charge in [-0.1, -0.05) is 0 Å². The van der Waals surface area contributed by atoms with E-state index in [0.29, 0.717) is 9.75 Å². The van der Waals surface area contributed by atoms with E-state index in [2.05, 4.69) is 35.0 Å². The van der Waals surface area contributed by atoms with E-state index in [1.807, 2.05) is 45.3 Å². The molecule has 0 amide bonds. The van der Waals surface area contributed by atoms with Crippen LogP contribution in [-0.4, -0.2) is 0 Å². The summed E-state index contributed by atoms with van der Waals surface area (Å²) in [5.74, 6) is -0.697.